The van der Waals surface area contributed by atoms with Gasteiger partial charge >= 0.3 is 0 Å². The first-order valence-electron chi connectivity index (χ1n) is 10.6. The number of amidine groups is 1. The predicted octanol–water partition coefficient (Wildman–Crippen LogP) is 6.65. The first-order chi connectivity index (χ1) is 15.7. The topological polar surface area (TPSA) is 32.7 Å². The largest absolute Gasteiger partial charge is 0.347 e. The van der Waals surface area contributed by atoms with Crippen LogP contribution in [0.2, 0.25) is 0 Å². The molecule has 3 aromatic rings. The molecule has 0 atom stereocenters. The molecule has 0 bridgehead atoms. The van der Waals surface area contributed by atoms with Gasteiger partial charge in [0.2, 0.25) is 0 Å². The maximum absolute atomic E-state index is 12.8. The van der Waals surface area contributed by atoms with E-state index in [1.54, 1.807) is 6.08 Å². The van der Waals surface area contributed by atoms with Crippen molar-refractivity contribution in [3.8, 4) is 0 Å². The number of carbonyl (C=O) groups is 1. The summed E-state index contributed by atoms with van der Waals surface area (Å²) in [5.41, 5.74) is 3.21. The molecule has 0 amide bonds. The molecule has 0 spiro atoms. The summed E-state index contributed by atoms with van der Waals surface area (Å²) in [7, 11) is 0. The van der Waals surface area contributed by atoms with Crippen LogP contribution in [0, 0.1) is 0 Å². The highest BCUT2D eigenvalue weighted by Crippen LogP contribution is 2.18. The molecule has 0 saturated heterocycles. The van der Waals surface area contributed by atoms with Gasteiger partial charge in [-0.25, -0.2) is 0 Å². The summed E-state index contributed by atoms with van der Waals surface area (Å²) in [6, 6.07) is 28.3. The van der Waals surface area contributed by atoms with Crippen molar-refractivity contribution in [2.24, 2.45) is 4.99 Å². The number of hydrogen-bond donors (Lipinski definition) is 0. The first-order valence-corrected chi connectivity index (χ1v) is 12.3. The van der Waals surface area contributed by atoms with Crippen LogP contribution in [0.3, 0.4) is 0 Å². The van der Waals surface area contributed by atoms with E-state index in [-0.39, 0.29) is 5.78 Å². The third-order valence-electron chi connectivity index (χ3n) is 4.85. The molecule has 0 aliphatic rings. The molecule has 0 fully saturated rings. The van der Waals surface area contributed by atoms with Crippen LogP contribution in [-0.2, 0) is 13.0 Å². The van der Waals surface area contributed by atoms with Gasteiger partial charge < -0.3 is 4.90 Å². The van der Waals surface area contributed by atoms with E-state index >= 15 is 0 Å². The van der Waals surface area contributed by atoms with E-state index in [0.717, 1.165) is 29.2 Å². The van der Waals surface area contributed by atoms with Crippen LogP contribution in [0.15, 0.2) is 107 Å². The highest BCUT2D eigenvalue weighted by atomic mass is 79.9. The number of rotatable bonds is 10. The molecule has 32 heavy (non-hydrogen) atoms. The van der Waals surface area contributed by atoms with Crippen molar-refractivity contribution in [1.82, 2.24) is 4.90 Å². The molecule has 0 aliphatic heterocycles. The number of halogens is 1. The van der Waals surface area contributed by atoms with Gasteiger partial charge in [0, 0.05) is 23.1 Å². The average molecular weight is 507 g/mol. The molecule has 3 nitrogen and oxygen atoms in total. The van der Waals surface area contributed by atoms with Crippen LogP contribution < -0.4 is 0 Å². The Kier molecular flexibility index (Phi) is 9.79. The van der Waals surface area contributed by atoms with E-state index in [1.165, 1.54) is 22.9 Å². The van der Waals surface area contributed by atoms with Gasteiger partial charge in [0.15, 0.2) is 11.0 Å². The third kappa shape index (κ3) is 7.81. The zero-order valence-electron chi connectivity index (χ0n) is 18.0. The molecular weight excluding hydrogens is 480 g/mol. The van der Waals surface area contributed by atoms with E-state index in [1.807, 2.05) is 36.4 Å². The molecule has 0 heterocycles. The monoisotopic (exact) mass is 506 g/mol. The van der Waals surface area contributed by atoms with Crippen LogP contribution in [0.25, 0.3) is 0 Å². The molecule has 0 N–H and O–H groups in total. The zero-order valence-corrected chi connectivity index (χ0v) is 20.4. The lowest BCUT2D eigenvalue weighted by Gasteiger charge is -2.26. The Morgan fingerprint density at radius 2 is 1.56 bits per heavy atom. The number of benzene rings is 3. The Morgan fingerprint density at radius 1 is 0.938 bits per heavy atom. The summed E-state index contributed by atoms with van der Waals surface area (Å²) < 4.78 is 0.963. The van der Waals surface area contributed by atoms with Crippen LogP contribution in [0.1, 0.15) is 21.5 Å². The minimum Gasteiger partial charge on any atom is -0.347 e. The fourth-order valence-corrected chi connectivity index (χ4v) is 4.38. The van der Waals surface area contributed by atoms with E-state index in [9.17, 15) is 4.79 Å². The summed E-state index contributed by atoms with van der Waals surface area (Å²) in [4.78, 5) is 19.8. The van der Waals surface area contributed by atoms with Crippen molar-refractivity contribution in [3.63, 3.8) is 0 Å². The van der Waals surface area contributed by atoms with Crippen molar-refractivity contribution in [2.45, 2.75) is 13.0 Å². The third-order valence-corrected chi connectivity index (χ3v) is 6.43. The van der Waals surface area contributed by atoms with Gasteiger partial charge in [-0.1, -0.05) is 107 Å². The van der Waals surface area contributed by atoms with Crippen molar-refractivity contribution in [1.29, 1.82) is 0 Å². The number of thioether (sulfide) groups is 1. The first kappa shape index (κ1) is 24.0. The summed E-state index contributed by atoms with van der Waals surface area (Å²) in [5, 5.41) is 0.871. The number of ketones is 1. The smallest absolute Gasteiger partial charge is 0.173 e. The fourth-order valence-electron chi connectivity index (χ4n) is 3.18. The number of hydrogen-bond acceptors (Lipinski definition) is 3. The van der Waals surface area contributed by atoms with E-state index in [2.05, 4.69) is 75.9 Å². The van der Waals surface area contributed by atoms with E-state index in [0.29, 0.717) is 17.9 Å². The van der Waals surface area contributed by atoms with Crippen molar-refractivity contribution < 1.29 is 4.79 Å². The molecule has 3 aromatic carbocycles. The molecule has 0 aromatic heterocycles. The summed E-state index contributed by atoms with van der Waals surface area (Å²) in [6.07, 6.45) is 2.69. The van der Waals surface area contributed by atoms with Crippen molar-refractivity contribution in [3.05, 3.63) is 119 Å². The van der Waals surface area contributed by atoms with Gasteiger partial charge in [0.1, 0.15) is 0 Å². The molecular formula is C27H27BrN2OS. The Hall–Kier alpha value is -2.63. The molecule has 0 unspecified atom stereocenters. The number of aliphatic imine (C=N–C) groups is 1. The van der Waals surface area contributed by atoms with E-state index < -0.39 is 0 Å². The van der Waals surface area contributed by atoms with Crippen LogP contribution in [0.4, 0.5) is 0 Å². The summed E-state index contributed by atoms with van der Waals surface area (Å²) in [6.45, 7) is 5.89. The molecule has 0 saturated carbocycles. The molecule has 164 valence electrons. The molecule has 3 rings (SSSR count). The number of Topliss-reactive ketones (excluding diaryl/α,β-unsaturated/α-hetero) is 1. The Morgan fingerprint density at radius 3 is 2.19 bits per heavy atom. The van der Waals surface area contributed by atoms with Gasteiger partial charge in [-0.2, -0.15) is 0 Å². The lowest BCUT2D eigenvalue weighted by Crippen LogP contribution is -2.31. The quantitative estimate of drug-likeness (QED) is 0.133. The van der Waals surface area contributed by atoms with E-state index in [4.69, 9.17) is 4.99 Å². The van der Waals surface area contributed by atoms with Gasteiger partial charge in [0.05, 0.1) is 12.3 Å². The van der Waals surface area contributed by atoms with Gasteiger partial charge in [-0.3, -0.25) is 9.79 Å². The highest BCUT2D eigenvalue weighted by molar-refractivity contribution is 9.10. The Bertz CT molecular complexity index is 1020. The molecule has 5 heteroatoms. The lowest BCUT2D eigenvalue weighted by atomic mass is 10.1. The van der Waals surface area contributed by atoms with Gasteiger partial charge in [-0.05, 0) is 29.7 Å². The Labute approximate surface area is 203 Å². The van der Waals surface area contributed by atoms with Crippen molar-refractivity contribution in [2.75, 3.05) is 18.8 Å². The standard InChI is InChI=1S/C27H27BrN2OS/c1-2-18-29-27(32-21-26(31)24-13-15-25(28)16-14-24)30(20-23-11-7-4-8-12-23)19-17-22-9-5-3-6-10-22/h2-16H,1,17-21H2. The second-order valence-electron chi connectivity index (χ2n) is 7.27. The Balaban J connectivity index is 1.76. The van der Waals surface area contributed by atoms with Crippen LogP contribution in [-0.4, -0.2) is 34.7 Å². The molecule has 0 aliphatic carbocycles. The number of carbonyl (C=O) groups excluding carboxylic acids is 1. The summed E-state index contributed by atoms with van der Waals surface area (Å²) >= 11 is 4.92. The second-order valence-corrected chi connectivity index (χ2v) is 9.13. The van der Waals surface area contributed by atoms with Crippen molar-refractivity contribution >= 4 is 38.6 Å². The van der Waals surface area contributed by atoms with Crippen LogP contribution >= 0.6 is 27.7 Å². The molecule has 0 radical (unpaired) electrons. The average Bonchev–Trinajstić information content (AvgIpc) is 2.83. The van der Waals surface area contributed by atoms with Gasteiger partial charge in [0.25, 0.3) is 0 Å². The lowest BCUT2D eigenvalue weighted by molar-refractivity contribution is 0.102. The fraction of sp³-hybridized carbons (Fsp3) is 0.185. The number of nitrogens with zero attached hydrogens (tertiary/aromatic N) is 2. The minimum atomic E-state index is 0.0940. The zero-order chi connectivity index (χ0) is 22.6. The normalized spacial score (nSPS) is 11.2. The maximum atomic E-state index is 12.8. The van der Waals surface area contributed by atoms with Gasteiger partial charge in [-0.15, -0.1) is 6.58 Å². The minimum absolute atomic E-state index is 0.0940. The predicted molar refractivity (Wildman–Crippen MR) is 140 cm³/mol. The SMILES string of the molecule is C=CCN=C(SCC(=O)c1ccc(Br)cc1)N(CCc1ccccc1)Cc1ccccc1. The maximum Gasteiger partial charge on any atom is 0.173 e. The van der Waals surface area contributed by atoms with Crippen LogP contribution in [0.5, 0.6) is 0 Å². The summed E-state index contributed by atoms with van der Waals surface area (Å²) in [5.74, 6) is 0.436. The second kappa shape index (κ2) is 13.0. The highest BCUT2D eigenvalue weighted by Gasteiger charge is 2.16.